The molecule has 1 fully saturated rings. The van der Waals surface area contributed by atoms with Crippen LogP contribution in [0.25, 0.3) is 0 Å². The highest BCUT2D eigenvalue weighted by Gasteiger charge is 2.30. The average molecular weight is 334 g/mol. The lowest BCUT2D eigenvalue weighted by Gasteiger charge is -2.34. The van der Waals surface area contributed by atoms with E-state index in [1.165, 1.54) is 11.8 Å². The largest absolute Gasteiger partial charge is 0.480 e. The second-order valence-electron chi connectivity index (χ2n) is 4.53. The van der Waals surface area contributed by atoms with E-state index in [0.717, 1.165) is 12.8 Å². The molecular weight excluding hydrogens is 314 g/mol. The van der Waals surface area contributed by atoms with Gasteiger partial charge in [-0.3, -0.25) is 0 Å². The summed E-state index contributed by atoms with van der Waals surface area (Å²) in [4.78, 5) is 21.9. The average Bonchev–Trinajstić information content (AvgIpc) is 2.47. The van der Waals surface area contributed by atoms with Gasteiger partial charge in [-0.05, 0) is 32.4 Å². The summed E-state index contributed by atoms with van der Waals surface area (Å²) in [6.45, 7) is 3.11. The fourth-order valence-electron chi connectivity index (χ4n) is 2.32. The summed E-state index contributed by atoms with van der Waals surface area (Å²) >= 11 is 1.42. The van der Waals surface area contributed by atoms with Crippen molar-refractivity contribution in [2.24, 2.45) is 0 Å². The molecule has 2 rings (SSSR count). The zero-order valence-electron chi connectivity index (χ0n) is 12.1. The summed E-state index contributed by atoms with van der Waals surface area (Å²) in [6, 6.07) is 1.22. The Bertz CT molecular complexity index is 490. The van der Waals surface area contributed by atoms with Gasteiger partial charge in [0.2, 0.25) is 5.88 Å². The van der Waals surface area contributed by atoms with Gasteiger partial charge in [0.25, 0.3) is 0 Å². The number of piperidine rings is 1. The Hall–Kier alpha value is -1.21. The maximum atomic E-state index is 11.4. The number of carbonyl (C=O) groups is 1. The quantitative estimate of drug-likeness (QED) is 0.655. The molecule has 1 unspecified atom stereocenters. The molecule has 6 nitrogen and oxygen atoms in total. The normalized spacial score (nSPS) is 18.0. The number of hydrogen-bond acceptors (Lipinski definition) is 6. The molecule has 118 valence electrons. The number of anilines is 1. The third kappa shape index (κ3) is 4.38. The van der Waals surface area contributed by atoms with Crippen molar-refractivity contribution >= 4 is 36.0 Å². The first-order chi connectivity index (χ1) is 9.65. The van der Waals surface area contributed by atoms with Gasteiger partial charge in [-0.25, -0.2) is 9.78 Å². The number of aliphatic carboxylic acids is 1. The molecule has 0 aromatic carbocycles. The van der Waals surface area contributed by atoms with Crippen molar-refractivity contribution < 1.29 is 14.6 Å². The van der Waals surface area contributed by atoms with E-state index in [9.17, 15) is 9.90 Å². The van der Waals surface area contributed by atoms with Gasteiger partial charge in [0, 0.05) is 12.6 Å². The molecule has 1 aliphatic rings. The van der Waals surface area contributed by atoms with Gasteiger partial charge in [-0.2, -0.15) is 4.98 Å². The highest BCUT2D eigenvalue weighted by atomic mass is 35.5. The lowest BCUT2D eigenvalue weighted by molar-refractivity contribution is -0.139. The van der Waals surface area contributed by atoms with Crippen LogP contribution in [0.2, 0.25) is 0 Å². The molecule has 1 saturated heterocycles. The summed E-state index contributed by atoms with van der Waals surface area (Å²) < 4.78 is 5.44. The Kier molecular flexibility index (Phi) is 7.04. The van der Waals surface area contributed by atoms with Crippen LogP contribution in [-0.2, 0) is 4.79 Å². The number of rotatable bonds is 5. The van der Waals surface area contributed by atoms with Crippen molar-refractivity contribution in [2.45, 2.75) is 37.4 Å². The number of carboxylic acid groups (broad SMARTS) is 1. The van der Waals surface area contributed by atoms with Crippen LogP contribution in [0.3, 0.4) is 0 Å². The smallest absolute Gasteiger partial charge is 0.326 e. The first kappa shape index (κ1) is 17.8. The standard InChI is InChI=1S/C13H19N3O3S.ClH/c1-3-19-11-8-10(14-13(15-11)20-2)16-7-5-4-6-9(16)12(17)18;/h8-9H,3-7H2,1-2H3,(H,17,18);1H. The van der Waals surface area contributed by atoms with Crippen LogP contribution in [0.15, 0.2) is 11.2 Å². The van der Waals surface area contributed by atoms with Gasteiger partial charge in [-0.1, -0.05) is 11.8 Å². The fraction of sp³-hybridized carbons (Fsp3) is 0.615. The van der Waals surface area contributed by atoms with Crippen LogP contribution in [-0.4, -0.2) is 46.5 Å². The predicted molar refractivity (Wildman–Crippen MR) is 84.9 cm³/mol. The first-order valence-electron chi connectivity index (χ1n) is 6.71. The molecule has 1 N–H and O–H groups in total. The molecule has 2 heterocycles. The van der Waals surface area contributed by atoms with Crippen molar-refractivity contribution in [3.05, 3.63) is 6.07 Å². The summed E-state index contributed by atoms with van der Waals surface area (Å²) in [5.74, 6) is 0.337. The van der Waals surface area contributed by atoms with Gasteiger partial charge >= 0.3 is 5.97 Å². The third-order valence-corrected chi connectivity index (χ3v) is 3.77. The van der Waals surface area contributed by atoms with Gasteiger partial charge < -0.3 is 14.7 Å². The summed E-state index contributed by atoms with van der Waals surface area (Å²) in [5, 5.41) is 9.95. The van der Waals surface area contributed by atoms with Crippen LogP contribution in [0.1, 0.15) is 26.2 Å². The molecule has 0 bridgehead atoms. The molecule has 0 radical (unpaired) electrons. The van der Waals surface area contributed by atoms with Crippen LogP contribution in [0.5, 0.6) is 5.88 Å². The van der Waals surface area contributed by atoms with E-state index < -0.39 is 12.0 Å². The van der Waals surface area contributed by atoms with Crippen LogP contribution in [0.4, 0.5) is 5.82 Å². The van der Waals surface area contributed by atoms with Crippen molar-refractivity contribution in [2.75, 3.05) is 24.3 Å². The van der Waals surface area contributed by atoms with Gasteiger partial charge in [-0.15, -0.1) is 12.4 Å². The lowest BCUT2D eigenvalue weighted by atomic mass is 10.0. The Labute approximate surface area is 134 Å². The summed E-state index contributed by atoms with van der Waals surface area (Å²) in [7, 11) is 0. The van der Waals surface area contributed by atoms with Gasteiger partial charge in [0.15, 0.2) is 5.16 Å². The van der Waals surface area contributed by atoms with E-state index in [0.29, 0.717) is 36.4 Å². The molecule has 21 heavy (non-hydrogen) atoms. The molecule has 1 aromatic heterocycles. The summed E-state index contributed by atoms with van der Waals surface area (Å²) in [5.41, 5.74) is 0. The molecule has 1 aromatic rings. The topological polar surface area (TPSA) is 75.5 Å². The SMILES string of the molecule is CCOc1cc(N2CCCCC2C(=O)O)nc(SC)n1.Cl. The second-order valence-corrected chi connectivity index (χ2v) is 5.30. The molecule has 0 aliphatic carbocycles. The minimum atomic E-state index is -0.799. The van der Waals surface area contributed by atoms with E-state index in [1.54, 1.807) is 6.07 Å². The number of thioether (sulfide) groups is 1. The monoisotopic (exact) mass is 333 g/mol. The number of ether oxygens (including phenoxy) is 1. The first-order valence-corrected chi connectivity index (χ1v) is 7.93. The highest BCUT2D eigenvalue weighted by molar-refractivity contribution is 7.98. The number of halogens is 1. The molecule has 1 atom stereocenters. The highest BCUT2D eigenvalue weighted by Crippen LogP contribution is 2.27. The minimum absolute atomic E-state index is 0. The van der Waals surface area contributed by atoms with Gasteiger partial charge in [0.1, 0.15) is 11.9 Å². The molecule has 1 aliphatic heterocycles. The Morgan fingerprint density at radius 1 is 1.52 bits per heavy atom. The molecule has 0 saturated carbocycles. The number of aromatic nitrogens is 2. The lowest BCUT2D eigenvalue weighted by Crippen LogP contribution is -2.45. The number of nitrogens with zero attached hydrogens (tertiary/aromatic N) is 3. The van der Waals surface area contributed by atoms with Crippen molar-refractivity contribution in [1.29, 1.82) is 0 Å². The number of carboxylic acids is 1. The molecule has 0 spiro atoms. The Morgan fingerprint density at radius 2 is 2.29 bits per heavy atom. The molecule has 0 amide bonds. The molecular formula is C13H20ClN3O3S. The van der Waals surface area contributed by atoms with Crippen LogP contribution >= 0.6 is 24.2 Å². The third-order valence-electron chi connectivity index (χ3n) is 3.23. The van der Waals surface area contributed by atoms with E-state index in [1.807, 2.05) is 18.1 Å². The van der Waals surface area contributed by atoms with E-state index in [-0.39, 0.29) is 12.4 Å². The van der Waals surface area contributed by atoms with E-state index in [2.05, 4.69) is 9.97 Å². The van der Waals surface area contributed by atoms with E-state index in [4.69, 9.17) is 4.74 Å². The van der Waals surface area contributed by atoms with Gasteiger partial charge in [0.05, 0.1) is 6.61 Å². The van der Waals surface area contributed by atoms with Crippen molar-refractivity contribution in [3.63, 3.8) is 0 Å². The number of hydrogen-bond donors (Lipinski definition) is 1. The fourth-order valence-corrected chi connectivity index (χ4v) is 2.68. The zero-order valence-corrected chi connectivity index (χ0v) is 13.7. The second kappa shape index (κ2) is 8.29. The van der Waals surface area contributed by atoms with Crippen LogP contribution < -0.4 is 9.64 Å². The minimum Gasteiger partial charge on any atom is -0.480 e. The van der Waals surface area contributed by atoms with Crippen molar-refractivity contribution in [3.8, 4) is 5.88 Å². The summed E-state index contributed by atoms with van der Waals surface area (Å²) in [6.07, 6.45) is 4.45. The van der Waals surface area contributed by atoms with E-state index >= 15 is 0 Å². The maximum absolute atomic E-state index is 11.4. The maximum Gasteiger partial charge on any atom is 0.326 e. The van der Waals surface area contributed by atoms with Crippen LogP contribution in [0, 0.1) is 0 Å². The zero-order chi connectivity index (χ0) is 14.5. The Morgan fingerprint density at radius 3 is 2.90 bits per heavy atom. The van der Waals surface area contributed by atoms with Crippen molar-refractivity contribution in [1.82, 2.24) is 9.97 Å². The Balaban J connectivity index is 0.00000220. The predicted octanol–water partition coefficient (Wildman–Crippen LogP) is 2.46. The molecule has 8 heteroatoms.